The molecule has 9 nitrogen and oxygen atoms in total. The van der Waals surface area contributed by atoms with E-state index in [4.69, 9.17) is 21.7 Å². The van der Waals surface area contributed by atoms with Gasteiger partial charge in [0.05, 0.1) is 10.6 Å². The van der Waals surface area contributed by atoms with Crippen LogP contribution in [0.15, 0.2) is 42.5 Å². The first-order chi connectivity index (χ1) is 12.0. The van der Waals surface area contributed by atoms with Crippen molar-refractivity contribution in [3.8, 4) is 11.5 Å². The lowest BCUT2D eigenvalue weighted by Gasteiger charge is -2.11. The Bertz CT molecular complexity index is 840. The minimum atomic E-state index is -0.493. The minimum Gasteiger partial charge on any atom is -0.454 e. The Morgan fingerprint density at radius 3 is 2.56 bits per heavy atom. The number of nitrogens with one attached hydrogen (secondary N) is 3. The van der Waals surface area contributed by atoms with Gasteiger partial charge in [-0.05, 0) is 42.5 Å². The number of ether oxygens (including phenoxy) is 2. The first-order valence-corrected chi connectivity index (χ1v) is 7.45. The first-order valence-electron chi connectivity index (χ1n) is 7.04. The number of hydrogen-bond donors (Lipinski definition) is 3. The summed E-state index contributed by atoms with van der Waals surface area (Å²) in [5.41, 5.74) is 6.25. The van der Waals surface area contributed by atoms with Gasteiger partial charge in [0, 0.05) is 17.7 Å². The van der Waals surface area contributed by atoms with Crippen LogP contribution in [0, 0.1) is 10.1 Å². The number of carbonyl (C=O) groups excluding carboxylic acids is 1. The smallest absolute Gasteiger partial charge is 0.269 e. The van der Waals surface area contributed by atoms with Crippen LogP contribution in [0.3, 0.4) is 0 Å². The molecule has 25 heavy (non-hydrogen) atoms. The molecular formula is C15H12N4O5S. The van der Waals surface area contributed by atoms with Crippen LogP contribution in [-0.2, 0) is 0 Å². The highest BCUT2D eigenvalue weighted by Gasteiger charge is 2.16. The van der Waals surface area contributed by atoms with E-state index < -0.39 is 10.8 Å². The van der Waals surface area contributed by atoms with Crippen LogP contribution in [0.25, 0.3) is 0 Å². The molecule has 1 heterocycles. The van der Waals surface area contributed by atoms with Crippen molar-refractivity contribution in [3.63, 3.8) is 0 Å². The third kappa shape index (κ3) is 3.93. The number of nitro benzene ring substituents is 1. The van der Waals surface area contributed by atoms with Crippen LogP contribution < -0.4 is 25.6 Å². The fraction of sp³-hybridized carbons (Fsp3) is 0.0667. The van der Waals surface area contributed by atoms with E-state index in [1.165, 1.54) is 24.3 Å². The first kappa shape index (κ1) is 16.5. The van der Waals surface area contributed by atoms with Crippen molar-refractivity contribution in [1.82, 2.24) is 10.7 Å². The maximum Gasteiger partial charge on any atom is 0.269 e. The number of rotatable bonds is 4. The molecule has 3 N–H and O–H groups in total. The second kappa shape index (κ2) is 7.01. The topological polar surface area (TPSA) is 115 Å². The summed E-state index contributed by atoms with van der Waals surface area (Å²) in [4.78, 5) is 22.2. The summed E-state index contributed by atoms with van der Waals surface area (Å²) in [6.45, 7) is 0.125. The summed E-state index contributed by atoms with van der Waals surface area (Å²) in [6.07, 6.45) is 0. The number of carbonyl (C=O) groups is 1. The Kier molecular flexibility index (Phi) is 4.61. The molecule has 3 rings (SSSR count). The van der Waals surface area contributed by atoms with Gasteiger partial charge in [0.15, 0.2) is 16.6 Å². The lowest BCUT2D eigenvalue weighted by atomic mass is 10.2. The number of nitrogens with zero attached hydrogens (tertiary/aromatic N) is 1. The maximum absolute atomic E-state index is 12.1. The van der Waals surface area contributed by atoms with Gasteiger partial charge in [0.25, 0.3) is 11.6 Å². The highest BCUT2D eigenvalue weighted by Crippen LogP contribution is 2.32. The molecule has 0 unspecified atom stereocenters. The monoisotopic (exact) mass is 360 g/mol. The molecule has 0 aliphatic carbocycles. The fourth-order valence-corrected chi connectivity index (χ4v) is 2.18. The quantitative estimate of drug-likeness (QED) is 0.431. The molecule has 0 fully saturated rings. The van der Waals surface area contributed by atoms with Gasteiger partial charge in [-0.15, -0.1) is 0 Å². The van der Waals surface area contributed by atoms with Gasteiger partial charge in [0.1, 0.15) is 0 Å². The summed E-state index contributed by atoms with van der Waals surface area (Å²) in [6, 6.07) is 10.5. The zero-order valence-electron chi connectivity index (χ0n) is 12.6. The summed E-state index contributed by atoms with van der Waals surface area (Å²) < 4.78 is 10.4. The van der Waals surface area contributed by atoms with Crippen molar-refractivity contribution >= 4 is 34.6 Å². The maximum atomic E-state index is 12.1. The molecule has 0 saturated heterocycles. The normalized spacial score (nSPS) is 11.5. The fourth-order valence-electron chi connectivity index (χ4n) is 2.04. The van der Waals surface area contributed by atoms with Crippen LogP contribution in [-0.4, -0.2) is 22.7 Å². The second-order valence-electron chi connectivity index (χ2n) is 4.91. The van der Waals surface area contributed by atoms with Crippen molar-refractivity contribution in [2.24, 2.45) is 0 Å². The number of hydrogen-bond acceptors (Lipinski definition) is 7. The Balaban J connectivity index is 1.53. The van der Waals surface area contributed by atoms with Crippen molar-refractivity contribution in [2.75, 3.05) is 12.2 Å². The van der Waals surface area contributed by atoms with E-state index in [0.29, 0.717) is 22.7 Å². The average Bonchev–Trinajstić information content (AvgIpc) is 3.08. The van der Waals surface area contributed by atoms with Gasteiger partial charge >= 0.3 is 0 Å². The summed E-state index contributed by atoms with van der Waals surface area (Å²) in [5, 5.41) is 13.1. The van der Waals surface area contributed by atoms with E-state index in [2.05, 4.69) is 16.2 Å². The molecule has 0 bridgehead atoms. The van der Waals surface area contributed by atoms with Crippen LogP contribution >= 0.6 is 12.2 Å². The van der Waals surface area contributed by atoms with Gasteiger partial charge in [-0.1, -0.05) is 0 Å². The van der Waals surface area contributed by atoms with Crippen LogP contribution in [0.2, 0.25) is 0 Å². The highest BCUT2D eigenvalue weighted by molar-refractivity contribution is 7.80. The predicted molar refractivity (Wildman–Crippen MR) is 92.5 cm³/mol. The standard InChI is InChI=1S/C15H12N4O5S/c20-14(9-1-6-12-13(7-9)24-8-23-12)16-15(25)18-17-10-2-4-11(5-3-10)19(21)22/h1-7,17H,8H2,(H2,16,18,20,25). The Hall–Kier alpha value is -3.40. The Labute approximate surface area is 147 Å². The number of non-ortho nitro benzene ring substituents is 1. The number of amides is 1. The number of fused-ring (bicyclic) bond motifs is 1. The van der Waals surface area contributed by atoms with Crippen molar-refractivity contribution in [1.29, 1.82) is 0 Å². The molecule has 10 heteroatoms. The van der Waals surface area contributed by atoms with E-state index in [0.717, 1.165) is 0 Å². The molecule has 1 aliphatic rings. The SMILES string of the molecule is O=C(NC(=S)NNc1ccc([N+](=O)[O-])cc1)c1ccc2c(c1)OCO2. The minimum absolute atomic E-state index is 0.0239. The van der Waals surface area contributed by atoms with Crippen LogP contribution in [0.1, 0.15) is 10.4 Å². The Morgan fingerprint density at radius 1 is 1.12 bits per heavy atom. The molecule has 2 aromatic rings. The Morgan fingerprint density at radius 2 is 1.84 bits per heavy atom. The van der Waals surface area contributed by atoms with Gasteiger partial charge in [-0.25, -0.2) is 0 Å². The summed E-state index contributed by atoms with van der Waals surface area (Å²) in [7, 11) is 0. The number of hydrazine groups is 1. The van der Waals surface area contributed by atoms with E-state index >= 15 is 0 Å². The van der Waals surface area contributed by atoms with Crippen LogP contribution in [0.5, 0.6) is 11.5 Å². The molecule has 0 spiro atoms. The molecule has 0 aromatic heterocycles. The lowest BCUT2D eigenvalue weighted by molar-refractivity contribution is -0.384. The van der Waals surface area contributed by atoms with Gasteiger partial charge in [0.2, 0.25) is 6.79 Å². The van der Waals surface area contributed by atoms with E-state index in [1.54, 1.807) is 18.2 Å². The molecule has 0 atom stereocenters. The molecular weight excluding hydrogens is 348 g/mol. The van der Waals surface area contributed by atoms with E-state index in [9.17, 15) is 14.9 Å². The third-order valence-electron chi connectivity index (χ3n) is 3.26. The van der Waals surface area contributed by atoms with Gasteiger partial charge in [-0.2, -0.15) is 0 Å². The second-order valence-corrected chi connectivity index (χ2v) is 5.31. The number of benzene rings is 2. The highest BCUT2D eigenvalue weighted by atomic mass is 32.1. The molecule has 0 radical (unpaired) electrons. The largest absolute Gasteiger partial charge is 0.454 e. The van der Waals surface area contributed by atoms with Gasteiger partial charge in [-0.3, -0.25) is 31.1 Å². The zero-order valence-corrected chi connectivity index (χ0v) is 13.5. The van der Waals surface area contributed by atoms with Crippen LogP contribution in [0.4, 0.5) is 11.4 Å². The molecule has 128 valence electrons. The van der Waals surface area contributed by atoms with Crippen molar-refractivity contribution in [2.45, 2.75) is 0 Å². The van der Waals surface area contributed by atoms with Gasteiger partial charge < -0.3 is 9.47 Å². The average molecular weight is 360 g/mol. The molecule has 2 aromatic carbocycles. The van der Waals surface area contributed by atoms with E-state index in [-0.39, 0.29) is 17.6 Å². The summed E-state index contributed by atoms with van der Waals surface area (Å²) >= 11 is 5.03. The van der Waals surface area contributed by atoms with E-state index in [1.807, 2.05) is 0 Å². The summed E-state index contributed by atoms with van der Waals surface area (Å²) in [5.74, 6) is 0.661. The third-order valence-corrected chi connectivity index (χ3v) is 3.46. The molecule has 0 saturated carbocycles. The lowest BCUT2D eigenvalue weighted by Crippen LogP contribution is -2.41. The predicted octanol–water partition coefficient (Wildman–Crippen LogP) is 1.95. The van der Waals surface area contributed by atoms with Crippen molar-refractivity contribution in [3.05, 3.63) is 58.1 Å². The molecule has 1 aliphatic heterocycles. The number of anilines is 1. The van der Waals surface area contributed by atoms with Crippen molar-refractivity contribution < 1.29 is 19.2 Å². The number of thiocarbonyl (C=S) groups is 1. The number of nitro groups is 1. The molecule has 1 amide bonds. The zero-order chi connectivity index (χ0) is 17.8.